The second kappa shape index (κ2) is 5.93. The molecule has 0 unspecified atom stereocenters. The van der Waals surface area contributed by atoms with Crippen LogP contribution >= 0.6 is 11.6 Å². The van der Waals surface area contributed by atoms with E-state index in [4.69, 9.17) is 11.6 Å². The maximum absolute atomic E-state index is 13.3. The molecule has 0 fully saturated rings. The average Bonchev–Trinajstić information content (AvgIpc) is 2.57. The first-order valence-electron chi connectivity index (χ1n) is 6.26. The van der Waals surface area contributed by atoms with Crippen molar-refractivity contribution >= 4 is 17.6 Å². The lowest BCUT2D eigenvalue weighted by molar-refractivity contribution is -0.180. The third-order valence-corrected chi connectivity index (χ3v) is 3.36. The zero-order valence-electron chi connectivity index (χ0n) is 11.1. The summed E-state index contributed by atoms with van der Waals surface area (Å²) in [5, 5.41) is 0.176. The van der Waals surface area contributed by atoms with E-state index in [1.54, 1.807) is 24.3 Å². The van der Waals surface area contributed by atoms with Gasteiger partial charge in [-0.1, -0.05) is 41.9 Å². The number of carbonyl (C=O) groups excluding carboxylic acids is 1. The molecule has 0 spiro atoms. The number of ether oxygens (including phenoxy) is 1. The highest BCUT2D eigenvalue weighted by Gasteiger charge is 2.48. The van der Waals surface area contributed by atoms with Crippen LogP contribution in [0.3, 0.4) is 0 Å². The summed E-state index contributed by atoms with van der Waals surface area (Å²) in [7, 11) is 0. The Hall–Kier alpha value is -1.75. The first-order valence-corrected chi connectivity index (χ1v) is 6.64. The van der Waals surface area contributed by atoms with Gasteiger partial charge in [0.25, 0.3) is 0 Å². The monoisotopic (exact) mass is 316 g/mol. The molecule has 0 heterocycles. The van der Waals surface area contributed by atoms with Gasteiger partial charge in [-0.15, -0.1) is 0 Å². The standard InChI is InChI=1S/C15H12ClF3O2/c1-2-21-14(20)13(15(17,18)19)11-8-12(16)10-7-5-3-4-6-9(10)11/h3-8,13H,2H2,1H3/t13-/m0/s1. The molecule has 1 atom stereocenters. The van der Waals surface area contributed by atoms with Gasteiger partial charge in [0, 0.05) is 10.6 Å². The maximum atomic E-state index is 13.3. The minimum absolute atomic E-state index is 0.119. The van der Waals surface area contributed by atoms with Crippen LogP contribution in [0.15, 0.2) is 36.4 Å². The lowest BCUT2D eigenvalue weighted by Crippen LogP contribution is -2.30. The molecule has 2 nitrogen and oxygen atoms in total. The highest BCUT2D eigenvalue weighted by atomic mass is 35.5. The van der Waals surface area contributed by atoms with Gasteiger partial charge in [-0.25, -0.2) is 0 Å². The van der Waals surface area contributed by atoms with Crippen molar-refractivity contribution < 1.29 is 22.7 Å². The molecule has 112 valence electrons. The molecule has 2 aliphatic carbocycles. The summed E-state index contributed by atoms with van der Waals surface area (Å²) in [6.45, 7) is 1.34. The third kappa shape index (κ3) is 3.13. The van der Waals surface area contributed by atoms with E-state index < -0.39 is 18.1 Å². The van der Waals surface area contributed by atoms with Crippen LogP contribution in [0.1, 0.15) is 18.4 Å². The molecule has 0 saturated heterocycles. The Kier molecular flexibility index (Phi) is 4.42. The zero-order chi connectivity index (χ0) is 15.6. The van der Waals surface area contributed by atoms with Crippen molar-refractivity contribution in [1.29, 1.82) is 0 Å². The van der Waals surface area contributed by atoms with E-state index in [1.807, 2.05) is 0 Å². The van der Waals surface area contributed by atoms with E-state index in [2.05, 4.69) is 4.74 Å². The number of fused-ring (bicyclic) bond motifs is 1. The van der Waals surface area contributed by atoms with Crippen LogP contribution in [0.4, 0.5) is 13.2 Å². The number of alkyl halides is 3. The molecule has 0 aromatic carbocycles. The molecule has 0 radical (unpaired) electrons. The quantitative estimate of drug-likeness (QED) is 0.770. The summed E-state index contributed by atoms with van der Waals surface area (Å²) < 4.78 is 44.4. The van der Waals surface area contributed by atoms with Gasteiger partial charge in [0.2, 0.25) is 0 Å². The lowest BCUT2D eigenvalue weighted by Gasteiger charge is -2.19. The Bertz CT molecular complexity index is 625. The largest absolute Gasteiger partial charge is 0.465 e. The molecule has 0 N–H and O–H groups in total. The Balaban J connectivity index is 2.60. The van der Waals surface area contributed by atoms with Gasteiger partial charge >= 0.3 is 12.1 Å². The van der Waals surface area contributed by atoms with Gasteiger partial charge < -0.3 is 4.74 Å². The lowest BCUT2D eigenvalue weighted by atomic mass is 9.96. The first-order chi connectivity index (χ1) is 9.86. The topological polar surface area (TPSA) is 26.3 Å². The molecular formula is C15H12ClF3O2. The molecule has 2 aliphatic rings. The van der Waals surface area contributed by atoms with Crippen LogP contribution in [0.2, 0.25) is 5.02 Å². The van der Waals surface area contributed by atoms with Crippen molar-refractivity contribution in [3.8, 4) is 11.1 Å². The molecule has 0 aromatic heterocycles. The third-order valence-electron chi connectivity index (χ3n) is 3.05. The van der Waals surface area contributed by atoms with Gasteiger partial charge in [0.15, 0.2) is 5.92 Å². The molecule has 0 aromatic rings. The predicted molar refractivity (Wildman–Crippen MR) is 73.5 cm³/mol. The van der Waals surface area contributed by atoms with Gasteiger partial charge in [0.1, 0.15) is 0 Å². The predicted octanol–water partition coefficient (Wildman–Crippen LogP) is 4.65. The number of carbonyl (C=O) groups is 1. The van der Waals surface area contributed by atoms with Gasteiger partial charge in [-0.3, -0.25) is 4.79 Å². The zero-order valence-corrected chi connectivity index (χ0v) is 11.8. The Morgan fingerprint density at radius 1 is 1.24 bits per heavy atom. The normalized spacial score (nSPS) is 13.2. The highest BCUT2D eigenvalue weighted by Crippen LogP contribution is 2.45. The number of esters is 1. The molecule has 0 saturated carbocycles. The van der Waals surface area contributed by atoms with Crippen LogP contribution in [0, 0.1) is 0 Å². The van der Waals surface area contributed by atoms with Crippen LogP contribution < -0.4 is 0 Å². The van der Waals surface area contributed by atoms with Gasteiger partial charge in [-0.2, -0.15) is 13.2 Å². The maximum Gasteiger partial charge on any atom is 0.406 e. The van der Waals surface area contributed by atoms with E-state index in [0.29, 0.717) is 11.1 Å². The second-order valence-corrected chi connectivity index (χ2v) is 4.82. The number of rotatable bonds is 3. The van der Waals surface area contributed by atoms with Crippen molar-refractivity contribution in [3.63, 3.8) is 0 Å². The number of hydrogen-bond acceptors (Lipinski definition) is 2. The summed E-state index contributed by atoms with van der Waals surface area (Å²) in [5.41, 5.74) is 0.577. The smallest absolute Gasteiger partial charge is 0.406 e. The van der Waals surface area contributed by atoms with E-state index in [1.165, 1.54) is 19.1 Å². The fourth-order valence-electron chi connectivity index (χ4n) is 2.20. The van der Waals surface area contributed by atoms with Crippen molar-refractivity contribution in [2.24, 2.45) is 0 Å². The summed E-state index contributed by atoms with van der Waals surface area (Å²) in [4.78, 5) is 11.7. The van der Waals surface area contributed by atoms with Crippen molar-refractivity contribution in [1.82, 2.24) is 0 Å². The summed E-state index contributed by atoms with van der Waals surface area (Å²) in [6, 6.07) is 9.24. The highest BCUT2D eigenvalue weighted by molar-refractivity contribution is 6.34. The number of hydrogen-bond donors (Lipinski definition) is 0. The molecule has 0 bridgehead atoms. The minimum Gasteiger partial charge on any atom is -0.465 e. The minimum atomic E-state index is -4.74. The van der Waals surface area contributed by atoms with Gasteiger partial charge in [0.05, 0.1) is 6.61 Å². The second-order valence-electron chi connectivity index (χ2n) is 4.41. The summed E-state index contributed by atoms with van der Waals surface area (Å²) >= 11 is 5.99. The fourth-order valence-corrected chi connectivity index (χ4v) is 2.48. The molecule has 6 heteroatoms. The van der Waals surface area contributed by atoms with Crippen molar-refractivity contribution in [3.05, 3.63) is 47.0 Å². The van der Waals surface area contributed by atoms with Crippen LogP contribution in [0.5, 0.6) is 0 Å². The van der Waals surface area contributed by atoms with Crippen LogP contribution in [-0.2, 0) is 9.53 Å². The van der Waals surface area contributed by atoms with Crippen LogP contribution in [0.25, 0.3) is 11.1 Å². The number of halogens is 4. The summed E-state index contributed by atoms with van der Waals surface area (Å²) in [6.07, 6.45) is -4.74. The van der Waals surface area contributed by atoms with Crippen LogP contribution in [-0.4, -0.2) is 18.8 Å². The Morgan fingerprint density at radius 2 is 1.86 bits per heavy atom. The van der Waals surface area contributed by atoms with E-state index in [0.717, 1.165) is 0 Å². The van der Waals surface area contributed by atoms with Gasteiger partial charge in [-0.05, 0) is 24.1 Å². The molecule has 2 rings (SSSR count). The Morgan fingerprint density at radius 3 is 2.43 bits per heavy atom. The SMILES string of the molecule is CCOC(=O)[C@H](c1cc(Cl)c2cccccc1-2)C(F)(F)F. The summed E-state index contributed by atoms with van der Waals surface area (Å²) in [5.74, 6) is -3.66. The fraction of sp³-hybridized carbons (Fsp3) is 0.267. The molecule has 0 aliphatic heterocycles. The van der Waals surface area contributed by atoms with E-state index in [-0.39, 0.29) is 17.2 Å². The first kappa shape index (κ1) is 15.6. The van der Waals surface area contributed by atoms with Crippen molar-refractivity contribution in [2.45, 2.75) is 19.0 Å². The molecule has 21 heavy (non-hydrogen) atoms. The average molecular weight is 317 g/mol. The Labute approximate surface area is 124 Å². The van der Waals surface area contributed by atoms with E-state index in [9.17, 15) is 18.0 Å². The molecular weight excluding hydrogens is 305 g/mol. The van der Waals surface area contributed by atoms with Crippen molar-refractivity contribution in [2.75, 3.05) is 6.61 Å². The van der Waals surface area contributed by atoms with E-state index >= 15 is 0 Å². The molecule has 0 amide bonds.